The predicted octanol–water partition coefficient (Wildman–Crippen LogP) is 0.973. The van der Waals surface area contributed by atoms with E-state index in [9.17, 15) is 9.59 Å². The summed E-state index contributed by atoms with van der Waals surface area (Å²) < 4.78 is 4.91. The SMILES string of the molecule is C=CCC1CC(C(=O)OCC)N(C)C1=O. The molecule has 0 aromatic carbocycles. The fourth-order valence-electron chi connectivity index (χ4n) is 1.86. The van der Waals surface area contributed by atoms with E-state index in [0.717, 1.165) is 0 Å². The van der Waals surface area contributed by atoms with Gasteiger partial charge >= 0.3 is 5.97 Å². The lowest BCUT2D eigenvalue weighted by Crippen LogP contribution is -2.36. The van der Waals surface area contributed by atoms with E-state index in [0.29, 0.717) is 19.4 Å². The number of nitrogens with zero attached hydrogens (tertiary/aromatic N) is 1. The van der Waals surface area contributed by atoms with Crippen molar-refractivity contribution in [3.8, 4) is 0 Å². The first-order chi connectivity index (χ1) is 7.11. The first-order valence-electron chi connectivity index (χ1n) is 5.16. The molecule has 0 bridgehead atoms. The van der Waals surface area contributed by atoms with Crippen molar-refractivity contribution < 1.29 is 14.3 Å². The first-order valence-corrected chi connectivity index (χ1v) is 5.16. The molecule has 1 aliphatic heterocycles. The Bertz CT molecular complexity index is 275. The number of likely N-dealkylation sites (N-methyl/N-ethyl adjacent to an activating group) is 1. The highest BCUT2D eigenvalue weighted by Gasteiger charge is 2.40. The van der Waals surface area contributed by atoms with Crippen molar-refractivity contribution in [1.29, 1.82) is 0 Å². The number of hydrogen-bond donors (Lipinski definition) is 0. The molecular weight excluding hydrogens is 194 g/mol. The highest BCUT2D eigenvalue weighted by Crippen LogP contribution is 2.26. The van der Waals surface area contributed by atoms with Crippen LogP contribution in [0.1, 0.15) is 19.8 Å². The Hall–Kier alpha value is -1.32. The molecule has 1 fully saturated rings. The van der Waals surface area contributed by atoms with Crippen molar-refractivity contribution >= 4 is 11.9 Å². The maximum atomic E-state index is 11.7. The molecule has 4 heteroatoms. The highest BCUT2D eigenvalue weighted by atomic mass is 16.5. The lowest BCUT2D eigenvalue weighted by Gasteiger charge is -2.17. The smallest absolute Gasteiger partial charge is 0.328 e. The molecule has 84 valence electrons. The minimum atomic E-state index is -0.414. The van der Waals surface area contributed by atoms with E-state index in [2.05, 4.69) is 6.58 Å². The number of carbonyl (C=O) groups excluding carboxylic acids is 2. The monoisotopic (exact) mass is 211 g/mol. The van der Waals surface area contributed by atoms with E-state index in [4.69, 9.17) is 4.74 Å². The largest absolute Gasteiger partial charge is 0.464 e. The Labute approximate surface area is 89.9 Å². The Kier molecular flexibility index (Phi) is 3.88. The molecule has 0 N–H and O–H groups in total. The summed E-state index contributed by atoms with van der Waals surface area (Å²) in [4.78, 5) is 24.7. The number of carbonyl (C=O) groups is 2. The van der Waals surface area contributed by atoms with Gasteiger partial charge in [0, 0.05) is 13.0 Å². The number of allylic oxidation sites excluding steroid dienone is 1. The van der Waals surface area contributed by atoms with Crippen LogP contribution < -0.4 is 0 Å². The van der Waals surface area contributed by atoms with E-state index in [1.165, 1.54) is 4.90 Å². The van der Waals surface area contributed by atoms with Crippen LogP contribution in [0.25, 0.3) is 0 Å². The molecule has 0 aromatic heterocycles. The van der Waals surface area contributed by atoms with Crippen LogP contribution >= 0.6 is 0 Å². The van der Waals surface area contributed by atoms with Gasteiger partial charge < -0.3 is 9.64 Å². The quantitative estimate of drug-likeness (QED) is 0.514. The van der Waals surface area contributed by atoms with Crippen molar-refractivity contribution in [3.63, 3.8) is 0 Å². The molecule has 15 heavy (non-hydrogen) atoms. The van der Waals surface area contributed by atoms with Crippen LogP contribution in [0, 0.1) is 5.92 Å². The van der Waals surface area contributed by atoms with Gasteiger partial charge in [0.25, 0.3) is 0 Å². The zero-order chi connectivity index (χ0) is 11.4. The van der Waals surface area contributed by atoms with Gasteiger partial charge in [-0.25, -0.2) is 4.79 Å². The number of likely N-dealkylation sites (tertiary alicyclic amines) is 1. The second kappa shape index (κ2) is 4.96. The van der Waals surface area contributed by atoms with Gasteiger partial charge in [0.05, 0.1) is 6.61 Å². The second-order valence-corrected chi connectivity index (χ2v) is 3.67. The third kappa shape index (κ3) is 2.37. The molecule has 0 spiro atoms. The third-order valence-electron chi connectivity index (χ3n) is 2.68. The molecule has 0 radical (unpaired) electrons. The van der Waals surface area contributed by atoms with E-state index >= 15 is 0 Å². The van der Waals surface area contributed by atoms with Crippen molar-refractivity contribution in [2.24, 2.45) is 5.92 Å². The van der Waals surface area contributed by atoms with Gasteiger partial charge in [0.2, 0.25) is 5.91 Å². The van der Waals surface area contributed by atoms with E-state index in [-0.39, 0.29) is 17.8 Å². The topological polar surface area (TPSA) is 46.6 Å². The normalized spacial score (nSPS) is 25.5. The minimum Gasteiger partial charge on any atom is -0.464 e. The second-order valence-electron chi connectivity index (χ2n) is 3.67. The fourth-order valence-corrected chi connectivity index (χ4v) is 1.86. The molecule has 0 saturated carbocycles. The summed E-state index contributed by atoms with van der Waals surface area (Å²) in [6, 6.07) is -0.414. The van der Waals surface area contributed by atoms with Crippen LogP contribution in [0.4, 0.5) is 0 Å². The molecule has 1 aliphatic rings. The highest BCUT2D eigenvalue weighted by molar-refractivity contribution is 5.89. The molecule has 2 unspecified atom stereocenters. The summed E-state index contributed by atoms with van der Waals surface area (Å²) in [6.07, 6.45) is 2.88. The van der Waals surface area contributed by atoms with Crippen LogP contribution in [-0.4, -0.2) is 36.5 Å². The zero-order valence-corrected chi connectivity index (χ0v) is 9.23. The van der Waals surface area contributed by atoms with E-state index < -0.39 is 6.04 Å². The molecule has 1 rings (SSSR count). The van der Waals surface area contributed by atoms with Crippen molar-refractivity contribution in [1.82, 2.24) is 4.90 Å². The molecule has 4 nitrogen and oxygen atoms in total. The van der Waals surface area contributed by atoms with E-state index in [1.807, 2.05) is 0 Å². The average molecular weight is 211 g/mol. The van der Waals surface area contributed by atoms with Crippen LogP contribution in [0.5, 0.6) is 0 Å². The lowest BCUT2D eigenvalue weighted by molar-refractivity contribution is -0.150. The summed E-state index contributed by atoms with van der Waals surface area (Å²) in [5, 5.41) is 0. The zero-order valence-electron chi connectivity index (χ0n) is 9.23. The summed E-state index contributed by atoms with van der Waals surface area (Å²) in [6.45, 7) is 5.71. The molecule has 2 atom stereocenters. The molecule has 0 aromatic rings. The predicted molar refractivity (Wildman–Crippen MR) is 56.1 cm³/mol. The van der Waals surface area contributed by atoms with Crippen LogP contribution in [0.15, 0.2) is 12.7 Å². The van der Waals surface area contributed by atoms with Gasteiger partial charge in [0.15, 0.2) is 0 Å². The summed E-state index contributed by atoms with van der Waals surface area (Å²) in [5.74, 6) is -0.408. The standard InChI is InChI=1S/C11H17NO3/c1-4-6-8-7-9(11(14)15-5-2)12(3)10(8)13/h4,8-9H,1,5-7H2,2-3H3. The van der Waals surface area contributed by atoms with Crippen LogP contribution in [0.2, 0.25) is 0 Å². The van der Waals surface area contributed by atoms with E-state index in [1.54, 1.807) is 20.0 Å². The van der Waals surface area contributed by atoms with Gasteiger partial charge in [-0.3, -0.25) is 4.79 Å². The van der Waals surface area contributed by atoms with Gasteiger partial charge in [-0.05, 0) is 19.8 Å². The van der Waals surface area contributed by atoms with Crippen molar-refractivity contribution in [2.45, 2.75) is 25.8 Å². The van der Waals surface area contributed by atoms with Crippen LogP contribution in [0.3, 0.4) is 0 Å². The minimum absolute atomic E-state index is 0.00736. The van der Waals surface area contributed by atoms with Gasteiger partial charge in [-0.2, -0.15) is 0 Å². The Morgan fingerprint density at radius 3 is 2.93 bits per heavy atom. The Morgan fingerprint density at radius 2 is 2.40 bits per heavy atom. The van der Waals surface area contributed by atoms with Gasteiger partial charge in [-0.15, -0.1) is 6.58 Å². The maximum Gasteiger partial charge on any atom is 0.328 e. The number of rotatable bonds is 4. The summed E-state index contributed by atoms with van der Waals surface area (Å²) >= 11 is 0. The maximum absolute atomic E-state index is 11.7. The number of amides is 1. The Balaban J connectivity index is 2.66. The van der Waals surface area contributed by atoms with Crippen molar-refractivity contribution in [2.75, 3.05) is 13.7 Å². The average Bonchev–Trinajstić information content (AvgIpc) is 2.47. The summed E-state index contributed by atoms with van der Waals surface area (Å²) in [7, 11) is 1.65. The Morgan fingerprint density at radius 1 is 1.73 bits per heavy atom. The van der Waals surface area contributed by atoms with Crippen LogP contribution in [-0.2, 0) is 14.3 Å². The fraction of sp³-hybridized carbons (Fsp3) is 0.636. The molecule has 0 aliphatic carbocycles. The molecule has 1 saturated heterocycles. The van der Waals surface area contributed by atoms with Crippen molar-refractivity contribution in [3.05, 3.63) is 12.7 Å². The van der Waals surface area contributed by atoms with Gasteiger partial charge in [0.1, 0.15) is 6.04 Å². The molecular formula is C11H17NO3. The van der Waals surface area contributed by atoms with Gasteiger partial charge in [-0.1, -0.05) is 6.08 Å². The lowest BCUT2D eigenvalue weighted by atomic mass is 10.0. The number of esters is 1. The summed E-state index contributed by atoms with van der Waals surface area (Å²) in [5.41, 5.74) is 0. The number of hydrogen-bond acceptors (Lipinski definition) is 3. The third-order valence-corrected chi connectivity index (χ3v) is 2.68. The molecule has 1 heterocycles. The first kappa shape index (κ1) is 11.8. The number of ether oxygens (including phenoxy) is 1. The molecule has 1 amide bonds.